The van der Waals surface area contributed by atoms with Crippen molar-refractivity contribution in [2.45, 2.75) is 20.3 Å². The summed E-state index contributed by atoms with van der Waals surface area (Å²) >= 11 is 0. The van der Waals surface area contributed by atoms with Crippen LogP contribution >= 0.6 is 0 Å². The molecule has 1 amide bonds. The Kier molecular flexibility index (Phi) is 2.58. The lowest BCUT2D eigenvalue weighted by Crippen LogP contribution is -2.21. The Labute approximate surface area is 96.8 Å². The highest BCUT2D eigenvalue weighted by atomic mass is 16.4. The molecule has 88 valence electrons. The number of aromatic nitrogens is 2. The van der Waals surface area contributed by atoms with Gasteiger partial charge in [-0.05, 0) is 13.8 Å². The summed E-state index contributed by atoms with van der Waals surface area (Å²) in [5, 5.41) is 13.5. The van der Waals surface area contributed by atoms with Crippen LogP contribution in [0.3, 0.4) is 0 Å². The second kappa shape index (κ2) is 3.93. The number of hydrogen-bond acceptors (Lipinski definition) is 5. The summed E-state index contributed by atoms with van der Waals surface area (Å²) in [6.07, 6.45) is -0.211. The summed E-state index contributed by atoms with van der Waals surface area (Å²) in [6, 6.07) is 1.58. The molecule has 0 saturated heterocycles. The molecule has 0 spiro atoms. The fourth-order valence-electron chi connectivity index (χ4n) is 1.53. The number of carbonyl (C=O) groups excluding carboxylic acids is 1. The molecule has 0 unspecified atom stereocenters. The topological polar surface area (TPSA) is 95.8 Å². The summed E-state index contributed by atoms with van der Waals surface area (Å²) in [5.41, 5.74) is 0.517. The maximum atomic E-state index is 11.6. The van der Waals surface area contributed by atoms with E-state index in [2.05, 4.69) is 15.1 Å². The van der Waals surface area contributed by atoms with Crippen LogP contribution in [0.4, 0.5) is 5.82 Å². The van der Waals surface area contributed by atoms with E-state index in [0.29, 0.717) is 17.3 Å². The van der Waals surface area contributed by atoms with Gasteiger partial charge in [0.05, 0.1) is 6.42 Å². The van der Waals surface area contributed by atoms with Gasteiger partial charge in [-0.25, -0.2) is 14.8 Å². The van der Waals surface area contributed by atoms with E-state index in [1.54, 1.807) is 19.9 Å². The first kappa shape index (κ1) is 11.2. The van der Waals surface area contributed by atoms with Crippen LogP contribution < -0.4 is 5.01 Å². The third kappa shape index (κ3) is 2.12. The molecule has 0 radical (unpaired) electrons. The van der Waals surface area contributed by atoms with Gasteiger partial charge in [0.15, 0.2) is 11.5 Å². The molecule has 7 heteroatoms. The zero-order valence-corrected chi connectivity index (χ0v) is 9.34. The Bertz CT molecular complexity index is 518. The van der Waals surface area contributed by atoms with Gasteiger partial charge in [0.25, 0.3) is 5.91 Å². The van der Waals surface area contributed by atoms with Gasteiger partial charge in [0, 0.05) is 11.8 Å². The van der Waals surface area contributed by atoms with E-state index in [-0.39, 0.29) is 12.1 Å². The number of amides is 1. The lowest BCUT2D eigenvalue weighted by molar-refractivity contribution is -0.129. The summed E-state index contributed by atoms with van der Waals surface area (Å²) < 4.78 is 0. The van der Waals surface area contributed by atoms with Crippen molar-refractivity contribution in [1.29, 1.82) is 0 Å². The molecule has 0 atom stereocenters. The Morgan fingerprint density at radius 2 is 2.12 bits per heavy atom. The van der Waals surface area contributed by atoms with Gasteiger partial charge in [0.2, 0.25) is 0 Å². The Morgan fingerprint density at radius 1 is 1.41 bits per heavy atom. The van der Waals surface area contributed by atoms with Gasteiger partial charge >= 0.3 is 5.97 Å². The van der Waals surface area contributed by atoms with Gasteiger partial charge in [-0.3, -0.25) is 4.79 Å². The largest absolute Gasteiger partial charge is 0.477 e. The highest BCUT2D eigenvalue weighted by Crippen LogP contribution is 2.18. The van der Waals surface area contributed by atoms with E-state index >= 15 is 0 Å². The summed E-state index contributed by atoms with van der Waals surface area (Å²) in [4.78, 5) is 30.4. The molecule has 0 aromatic carbocycles. The van der Waals surface area contributed by atoms with Crippen molar-refractivity contribution < 1.29 is 14.7 Å². The highest BCUT2D eigenvalue weighted by molar-refractivity contribution is 6.42. The van der Waals surface area contributed by atoms with Gasteiger partial charge in [-0.2, -0.15) is 10.1 Å². The number of aryl methyl sites for hydroxylation is 2. The van der Waals surface area contributed by atoms with Crippen molar-refractivity contribution in [3.63, 3.8) is 0 Å². The zero-order chi connectivity index (χ0) is 12.6. The second-order valence-corrected chi connectivity index (χ2v) is 3.65. The summed E-state index contributed by atoms with van der Waals surface area (Å²) in [5.74, 6) is -0.786. The molecule has 1 aromatic rings. The number of hydrazone groups is 1. The number of hydrogen-bond donors (Lipinski definition) is 1. The van der Waals surface area contributed by atoms with Gasteiger partial charge < -0.3 is 5.11 Å². The van der Waals surface area contributed by atoms with Crippen molar-refractivity contribution in [3.8, 4) is 0 Å². The van der Waals surface area contributed by atoms with Gasteiger partial charge in [-0.15, -0.1) is 0 Å². The molecule has 1 N–H and O–H groups in total. The van der Waals surface area contributed by atoms with Crippen molar-refractivity contribution in [1.82, 2.24) is 9.97 Å². The number of rotatable bonds is 2. The van der Waals surface area contributed by atoms with Crippen LogP contribution in [0.5, 0.6) is 0 Å². The minimum absolute atomic E-state index is 0.177. The lowest BCUT2D eigenvalue weighted by Gasteiger charge is -2.11. The predicted molar refractivity (Wildman–Crippen MR) is 58.7 cm³/mol. The highest BCUT2D eigenvalue weighted by Gasteiger charge is 2.30. The average Bonchev–Trinajstić information content (AvgIpc) is 2.59. The fraction of sp³-hybridized carbons (Fsp3) is 0.300. The number of aliphatic carboxylic acids is 1. The Hall–Kier alpha value is -2.31. The predicted octanol–water partition coefficient (Wildman–Crippen LogP) is 0.271. The molecular weight excluding hydrogens is 224 g/mol. The standard InChI is InChI=1S/C10H10N4O3/c1-5-3-8(12-6(2)11-5)14-9(15)4-7(13-14)10(16)17/h3H,4H2,1-2H3,(H,16,17). The molecule has 7 nitrogen and oxygen atoms in total. The van der Waals surface area contributed by atoms with Crippen LogP contribution in [0, 0.1) is 13.8 Å². The third-order valence-corrected chi connectivity index (χ3v) is 2.19. The van der Waals surface area contributed by atoms with Crippen molar-refractivity contribution in [3.05, 3.63) is 17.6 Å². The van der Waals surface area contributed by atoms with Crippen LogP contribution in [0.1, 0.15) is 17.9 Å². The quantitative estimate of drug-likeness (QED) is 0.792. The number of carbonyl (C=O) groups is 2. The molecule has 1 aromatic heterocycles. The molecule has 0 fully saturated rings. The molecular formula is C10H10N4O3. The molecule has 2 rings (SSSR count). The van der Waals surface area contributed by atoms with E-state index in [1.807, 2.05) is 0 Å². The maximum Gasteiger partial charge on any atom is 0.352 e. The van der Waals surface area contributed by atoms with Crippen LogP contribution in [0.25, 0.3) is 0 Å². The Balaban J connectivity index is 2.40. The van der Waals surface area contributed by atoms with E-state index in [9.17, 15) is 9.59 Å². The molecule has 1 aliphatic heterocycles. The number of carboxylic acid groups (broad SMARTS) is 1. The molecule has 0 aliphatic carbocycles. The second-order valence-electron chi connectivity index (χ2n) is 3.65. The summed E-state index contributed by atoms with van der Waals surface area (Å²) in [7, 11) is 0. The Morgan fingerprint density at radius 3 is 2.65 bits per heavy atom. The molecule has 2 heterocycles. The van der Waals surface area contributed by atoms with Crippen molar-refractivity contribution in [2.75, 3.05) is 5.01 Å². The van der Waals surface area contributed by atoms with Crippen LogP contribution in [0.2, 0.25) is 0 Å². The van der Waals surface area contributed by atoms with E-state index in [4.69, 9.17) is 5.11 Å². The first-order valence-corrected chi connectivity index (χ1v) is 4.93. The first-order valence-electron chi connectivity index (χ1n) is 4.93. The number of nitrogens with zero attached hydrogens (tertiary/aromatic N) is 4. The minimum atomic E-state index is -1.19. The monoisotopic (exact) mass is 234 g/mol. The number of carboxylic acids is 1. The number of anilines is 1. The van der Waals surface area contributed by atoms with E-state index in [0.717, 1.165) is 5.01 Å². The van der Waals surface area contributed by atoms with Crippen LogP contribution in [-0.4, -0.2) is 32.7 Å². The fourth-order valence-corrected chi connectivity index (χ4v) is 1.53. The van der Waals surface area contributed by atoms with Gasteiger partial charge in [0.1, 0.15) is 5.82 Å². The third-order valence-electron chi connectivity index (χ3n) is 2.19. The molecule has 0 bridgehead atoms. The van der Waals surface area contributed by atoms with Crippen molar-refractivity contribution in [2.24, 2.45) is 5.10 Å². The maximum absolute atomic E-state index is 11.6. The normalized spacial score (nSPS) is 15.1. The lowest BCUT2D eigenvalue weighted by atomic mass is 10.3. The minimum Gasteiger partial charge on any atom is -0.477 e. The summed E-state index contributed by atoms with van der Waals surface area (Å²) in [6.45, 7) is 3.46. The van der Waals surface area contributed by atoms with Crippen LogP contribution in [0.15, 0.2) is 11.2 Å². The van der Waals surface area contributed by atoms with E-state index in [1.165, 1.54) is 0 Å². The van der Waals surface area contributed by atoms with Crippen molar-refractivity contribution >= 4 is 23.4 Å². The smallest absolute Gasteiger partial charge is 0.352 e. The van der Waals surface area contributed by atoms with Gasteiger partial charge in [-0.1, -0.05) is 0 Å². The molecule has 0 saturated carbocycles. The SMILES string of the molecule is Cc1cc(N2N=C(C(=O)O)CC2=O)nc(C)n1. The molecule has 17 heavy (non-hydrogen) atoms. The van der Waals surface area contributed by atoms with Crippen LogP contribution in [-0.2, 0) is 9.59 Å². The zero-order valence-electron chi connectivity index (χ0n) is 9.34. The van der Waals surface area contributed by atoms with E-state index < -0.39 is 11.9 Å². The molecule has 1 aliphatic rings. The average molecular weight is 234 g/mol. The first-order chi connectivity index (χ1) is 7.97.